The van der Waals surface area contributed by atoms with Gasteiger partial charge in [0.15, 0.2) is 0 Å². The van der Waals surface area contributed by atoms with Crippen LogP contribution in [-0.4, -0.2) is 34.1 Å². The molecule has 2 N–H and O–H groups in total. The van der Waals surface area contributed by atoms with Crippen molar-refractivity contribution in [1.82, 2.24) is 10.0 Å². The lowest BCUT2D eigenvalue weighted by molar-refractivity contribution is -0.116. The normalized spacial score (nSPS) is 11.4. The van der Waals surface area contributed by atoms with Crippen molar-refractivity contribution in [2.75, 3.05) is 19.8 Å². The number of ether oxygens (including phenoxy) is 2. The van der Waals surface area contributed by atoms with Gasteiger partial charge in [-0.1, -0.05) is 12.1 Å². The fraction of sp³-hybridized carbons (Fsp3) is 0.208. The zero-order valence-electron chi connectivity index (χ0n) is 18.2. The molecule has 2 aromatic carbocycles. The molecule has 0 spiro atoms. The van der Waals surface area contributed by atoms with Crippen LogP contribution in [0.15, 0.2) is 82.3 Å². The predicted molar refractivity (Wildman–Crippen MR) is 124 cm³/mol. The first-order chi connectivity index (χ1) is 16.0. The first-order valence-electron chi connectivity index (χ1n) is 10.4. The van der Waals surface area contributed by atoms with Gasteiger partial charge in [0.25, 0.3) is 0 Å². The van der Waals surface area contributed by atoms with Crippen molar-refractivity contribution in [3.8, 4) is 11.5 Å². The molecule has 0 saturated heterocycles. The molecule has 0 fully saturated rings. The van der Waals surface area contributed by atoms with Gasteiger partial charge in [-0.05, 0) is 67.1 Å². The maximum atomic E-state index is 12.3. The SMILES string of the molecule is CCOc1ccc(OCCNC(=O)/C=C/c2ccc(S(=O)(=O)NCc3ccco3)cc2)cc1. The van der Waals surface area contributed by atoms with Gasteiger partial charge in [-0.3, -0.25) is 4.79 Å². The van der Waals surface area contributed by atoms with E-state index in [0.717, 1.165) is 5.75 Å². The van der Waals surface area contributed by atoms with Gasteiger partial charge in [0, 0.05) is 6.08 Å². The average Bonchev–Trinajstić information content (AvgIpc) is 3.35. The fourth-order valence-corrected chi connectivity index (χ4v) is 3.79. The summed E-state index contributed by atoms with van der Waals surface area (Å²) in [5.41, 5.74) is 0.695. The topological polar surface area (TPSA) is 107 Å². The summed E-state index contributed by atoms with van der Waals surface area (Å²) in [7, 11) is -3.66. The van der Waals surface area contributed by atoms with Crippen molar-refractivity contribution in [2.24, 2.45) is 0 Å². The van der Waals surface area contributed by atoms with E-state index in [2.05, 4.69) is 10.0 Å². The van der Waals surface area contributed by atoms with E-state index in [1.54, 1.807) is 30.3 Å². The molecule has 0 radical (unpaired) electrons. The van der Waals surface area contributed by atoms with Crippen molar-refractivity contribution in [3.05, 3.63) is 84.3 Å². The predicted octanol–water partition coefficient (Wildman–Crippen LogP) is 3.37. The Labute approximate surface area is 193 Å². The van der Waals surface area contributed by atoms with Crippen LogP contribution in [-0.2, 0) is 21.4 Å². The van der Waals surface area contributed by atoms with Gasteiger partial charge < -0.3 is 19.2 Å². The Morgan fingerprint density at radius 2 is 1.70 bits per heavy atom. The molecule has 1 aromatic heterocycles. The highest BCUT2D eigenvalue weighted by atomic mass is 32.2. The molecule has 0 aliphatic carbocycles. The summed E-state index contributed by atoms with van der Waals surface area (Å²) >= 11 is 0. The molecule has 3 rings (SSSR count). The van der Waals surface area contributed by atoms with E-state index in [1.807, 2.05) is 31.2 Å². The molecule has 0 saturated carbocycles. The summed E-state index contributed by atoms with van der Waals surface area (Å²) in [4.78, 5) is 12.1. The summed E-state index contributed by atoms with van der Waals surface area (Å²) in [6, 6.07) is 16.9. The molecule has 3 aromatic rings. The van der Waals surface area contributed by atoms with E-state index in [0.29, 0.717) is 36.8 Å². The van der Waals surface area contributed by atoms with Crippen molar-refractivity contribution in [1.29, 1.82) is 0 Å². The number of carbonyl (C=O) groups excluding carboxylic acids is 1. The minimum absolute atomic E-state index is 0.0689. The van der Waals surface area contributed by atoms with Crippen LogP contribution in [0.2, 0.25) is 0 Å². The summed E-state index contributed by atoms with van der Waals surface area (Å²) in [6.45, 7) is 3.26. The van der Waals surface area contributed by atoms with Crippen molar-refractivity contribution in [3.63, 3.8) is 0 Å². The fourth-order valence-electron chi connectivity index (χ4n) is 2.79. The van der Waals surface area contributed by atoms with Crippen molar-refractivity contribution < 1.29 is 27.1 Å². The largest absolute Gasteiger partial charge is 0.494 e. The van der Waals surface area contributed by atoms with Gasteiger partial charge in [0.2, 0.25) is 15.9 Å². The molecule has 8 nitrogen and oxygen atoms in total. The van der Waals surface area contributed by atoms with E-state index in [4.69, 9.17) is 13.9 Å². The highest BCUT2D eigenvalue weighted by Gasteiger charge is 2.13. The van der Waals surface area contributed by atoms with E-state index in [9.17, 15) is 13.2 Å². The van der Waals surface area contributed by atoms with Crippen LogP contribution in [0.3, 0.4) is 0 Å². The maximum absolute atomic E-state index is 12.3. The number of amides is 1. The van der Waals surface area contributed by atoms with Gasteiger partial charge in [-0.2, -0.15) is 0 Å². The van der Waals surface area contributed by atoms with Crippen LogP contribution in [0.4, 0.5) is 0 Å². The van der Waals surface area contributed by atoms with Crippen LogP contribution in [0.25, 0.3) is 6.08 Å². The van der Waals surface area contributed by atoms with Gasteiger partial charge in [-0.25, -0.2) is 13.1 Å². The van der Waals surface area contributed by atoms with Crippen LogP contribution in [0.1, 0.15) is 18.2 Å². The smallest absolute Gasteiger partial charge is 0.244 e. The first-order valence-corrected chi connectivity index (χ1v) is 11.9. The molecule has 0 bridgehead atoms. The second kappa shape index (κ2) is 11.9. The van der Waals surface area contributed by atoms with Crippen LogP contribution in [0.5, 0.6) is 11.5 Å². The molecule has 0 atom stereocenters. The third-order valence-corrected chi connectivity index (χ3v) is 5.86. The summed E-state index contributed by atoms with van der Waals surface area (Å²) in [5, 5.41) is 2.73. The average molecular weight is 471 g/mol. The van der Waals surface area contributed by atoms with Gasteiger partial charge in [0.05, 0.1) is 30.9 Å². The molecule has 1 amide bonds. The van der Waals surface area contributed by atoms with Crippen LogP contribution < -0.4 is 19.5 Å². The monoisotopic (exact) mass is 470 g/mol. The second-order valence-corrected chi connectivity index (χ2v) is 8.62. The number of nitrogens with one attached hydrogen (secondary N) is 2. The van der Waals surface area contributed by atoms with E-state index < -0.39 is 10.0 Å². The Balaban J connectivity index is 1.41. The maximum Gasteiger partial charge on any atom is 0.244 e. The molecular weight excluding hydrogens is 444 g/mol. The molecule has 0 aliphatic heterocycles. The lowest BCUT2D eigenvalue weighted by Gasteiger charge is -2.08. The zero-order valence-corrected chi connectivity index (χ0v) is 19.0. The number of carbonyl (C=O) groups is 1. The standard InChI is InChI=1S/C24H26N2O6S/c1-2-30-20-8-10-21(11-9-20)32-17-15-25-24(27)14-7-19-5-12-23(13-6-19)33(28,29)26-18-22-4-3-16-31-22/h3-14,16,26H,2,15,17-18H2,1H3,(H,25,27)/b14-7+. The Morgan fingerprint density at radius 1 is 1.00 bits per heavy atom. The Morgan fingerprint density at radius 3 is 2.33 bits per heavy atom. The third-order valence-electron chi connectivity index (χ3n) is 4.44. The Hall–Kier alpha value is -3.56. The van der Waals surface area contributed by atoms with Crippen LogP contribution >= 0.6 is 0 Å². The van der Waals surface area contributed by atoms with Gasteiger partial charge in [-0.15, -0.1) is 0 Å². The number of rotatable bonds is 12. The lowest BCUT2D eigenvalue weighted by Crippen LogP contribution is -2.26. The van der Waals surface area contributed by atoms with E-state index >= 15 is 0 Å². The minimum Gasteiger partial charge on any atom is -0.494 e. The van der Waals surface area contributed by atoms with Crippen molar-refractivity contribution >= 4 is 22.0 Å². The summed E-state index contributed by atoms with van der Waals surface area (Å²) < 4.78 is 43.2. The molecule has 9 heteroatoms. The lowest BCUT2D eigenvalue weighted by atomic mass is 10.2. The van der Waals surface area contributed by atoms with Crippen LogP contribution in [0, 0.1) is 0 Å². The van der Waals surface area contributed by atoms with Gasteiger partial charge >= 0.3 is 0 Å². The number of hydrogen-bond acceptors (Lipinski definition) is 6. The summed E-state index contributed by atoms with van der Waals surface area (Å²) in [6.07, 6.45) is 4.47. The number of benzene rings is 2. The molecule has 1 heterocycles. The Bertz CT molecular complexity index is 1140. The highest BCUT2D eigenvalue weighted by Crippen LogP contribution is 2.17. The number of hydrogen-bond donors (Lipinski definition) is 2. The van der Waals surface area contributed by atoms with E-state index in [1.165, 1.54) is 24.5 Å². The van der Waals surface area contributed by atoms with E-state index in [-0.39, 0.29) is 17.3 Å². The summed E-state index contributed by atoms with van der Waals surface area (Å²) in [5.74, 6) is 1.71. The molecule has 0 aliphatic rings. The second-order valence-electron chi connectivity index (χ2n) is 6.85. The quantitative estimate of drug-likeness (QED) is 0.311. The molecule has 33 heavy (non-hydrogen) atoms. The highest BCUT2D eigenvalue weighted by molar-refractivity contribution is 7.89. The Kier molecular flexibility index (Phi) is 8.68. The third kappa shape index (κ3) is 7.81. The van der Waals surface area contributed by atoms with Crippen molar-refractivity contribution in [2.45, 2.75) is 18.4 Å². The first kappa shape index (κ1) is 24.1. The molecule has 0 unspecified atom stereocenters. The number of sulfonamides is 1. The van der Waals surface area contributed by atoms with Gasteiger partial charge in [0.1, 0.15) is 23.9 Å². The number of furan rings is 1. The molecule has 174 valence electrons. The minimum atomic E-state index is -3.66. The molecular formula is C24H26N2O6S. The zero-order chi connectivity index (χ0) is 23.5.